The molecule has 0 bridgehead atoms. The molecule has 1 aromatic heterocycles. The topological polar surface area (TPSA) is 46.9 Å². The van der Waals surface area contributed by atoms with Gasteiger partial charge in [0, 0.05) is 5.39 Å². The summed E-state index contributed by atoms with van der Waals surface area (Å²) in [5.74, 6) is -0.458. The molecule has 4 nitrogen and oxygen atoms in total. The molecule has 4 rings (SSSR count). The highest BCUT2D eigenvalue weighted by Crippen LogP contribution is 2.23. The number of benzene rings is 3. The van der Waals surface area contributed by atoms with Crippen LogP contribution in [0.3, 0.4) is 0 Å². The molecule has 0 saturated carbocycles. The van der Waals surface area contributed by atoms with Crippen LogP contribution in [0.5, 0.6) is 0 Å². The summed E-state index contributed by atoms with van der Waals surface area (Å²) in [5.41, 5.74) is 3.13. The first kappa shape index (κ1) is 17.0. The van der Waals surface area contributed by atoms with Crippen LogP contribution >= 0.6 is 0 Å². The predicted molar refractivity (Wildman–Crippen MR) is 103 cm³/mol. The summed E-state index contributed by atoms with van der Waals surface area (Å²) in [6, 6.07) is 21.3. The van der Waals surface area contributed by atoms with E-state index in [9.17, 15) is 9.18 Å². The van der Waals surface area contributed by atoms with Crippen LogP contribution < -0.4 is 5.32 Å². The average molecular weight is 359 g/mol. The Morgan fingerprint density at radius 3 is 2.48 bits per heavy atom. The number of fused-ring (bicyclic) bond motifs is 1. The number of amides is 1. The van der Waals surface area contributed by atoms with Gasteiger partial charge < -0.3 is 5.32 Å². The largest absolute Gasteiger partial charge is 0.345 e. The summed E-state index contributed by atoms with van der Waals surface area (Å²) in [6.45, 7) is 1.95. The van der Waals surface area contributed by atoms with E-state index in [1.165, 1.54) is 12.1 Å². The lowest BCUT2D eigenvalue weighted by Gasteiger charge is -2.14. The number of carbonyl (C=O) groups is 1. The molecule has 1 N–H and O–H groups in total. The smallest absolute Gasteiger partial charge is 0.252 e. The molecule has 134 valence electrons. The predicted octanol–water partition coefficient (Wildman–Crippen LogP) is 4.66. The van der Waals surface area contributed by atoms with Crippen molar-refractivity contribution in [3.63, 3.8) is 0 Å². The Labute approximate surface area is 156 Å². The second-order valence-corrected chi connectivity index (χ2v) is 6.38. The Kier molecular flexibility index (Phi) is 4.42. The third-order valence-electron chi connectivity index (χ3n) is 4.58. The number of halogens is 1. The van der Waals surface area contributed by atoms with Crippen LogP contribution in [0.4, 0.5) is 4.39 Å². The van der Waals surface area contributed by atoms with Gasteiger partial charge >= 0.3 is 0 Å². The van der Waals surface area contributed by atoms with Gasteiger partial charge in [-0.2, -0.15) is 5.10 Å². The first-order valence-electron chi connectivity index (χ1n) is 8.72. The lowest BCUT2D eigenvalue weighted by Crippen LogP contribution is -2.26. The van der Waals surface area contributed by atoms with E-state index in [4.69, 9.17) is 0 Å². The highest BCUT2D eigenvalue weighted by atomic mass is 19.1. The van der Waals surface area contributed by atoms with Crippen LogP contribution in [0, 0.1) is 5.82 Å². The Balaban J connectivity index is 1.66. The monoisotopic (exact) mass is 359 g/mol. The van der Waals surface area contributed by atoms with Crippen molar-refractivity contribution in [2.75, 3.05) is 0 Å². The standard InChI is InChI=1S/C22H18FN3O/c1-15(16-6-3-2-4-7-16)25-22(27)19-8-5-9-21-20(19)14-24-26(21)18-12-10-17(23)11-13-18/h2-15H,1H3,(H,25,27). The number of aromatic nitrogens is 2. The van der Waals surface area contributed by atoms with Crippen LogP contribution in [0.1, 0.15) is 28.9 Å². The molecule has 27 heavy (non-hydrogen) atoms. The first-order valence-corrected chi connectivity index (χ1v) is 8.72. The van der Waals surface area contributed by atoms with E-state index in [1.807, 2.05) is 49.4 Å². The minimum absolute atomic E-state index is 0.110. The van der Waals surface area contributed by atoms with Crippen LogP contribution in [0.25, 0.3) is 16.6 Å². The molecule has 0 aliphatic carbocycles. The van der Waals surface area contributed by atoms with Crippen molar-refractivity contribution in [1.29, 1.82) is 0 Å². The normalized spacial score (nSPS) is 12.1. The highest BCUT2D eigenvalue weighted by molar-refractivity contribution is 6.06. The van der Waals surface area contributed by atoms with Gasteiger partial charge in [0.25, 0.3) is 5.91 Å². The number of hydrogen-bond acceptors (Lipinski definition) is 2. The number of nitrogens with zero attached hydrogens (tertiary/aromatic N) is 2. The number of nitrogens with one attached hydrogen (secondary N) is 1. The SMILES string of the molecule is CC(NC(=O)c1cccc2c1cnn2-c1ccc(F)cc1)c1ccccc1. The Hall–Kier alpha value is -3.47. The van der Waals surface area contributed by atoms with E-state index < -0.39 is 0 Å². The van der Waals surface area contributed by atoms with E-state index in [1.54, 1.807) is 29.1 Å². The van der Waals surface area contributed by atoms with Crippen LogP contribution in [-0.4, -0.2) is 15.7 Å². The minimum Gasteiger partial charge on any atom is -0.345 e. The zero-order chi connectivity index (χ0) is 18.8. The lowest BCUT2D eigenvalue weighted by molar-refractivity contribution is 0.0941. The first-order chi connectivity index (χ1) is 13.1. The summed E-state index contributed by atoms with van der Waals surface area (Å²) in [6.07, 6.45) is 1.67. The molecule has 0 radical (unpaired) electrons. The highest BCUT2D eigenvalue weighted by Gasteiger charge is 2.16. The van der Waals surface area contributed by atoms with Crippen molar-refractivity contribution in [2.45, 2.75) is 13.0 Å². The number of rotatable bonds is 4. The molecule has 0 spiro atoms. The van der Waals surface area contributed by atoms with E-state index in [2.05, 4.69) is 10.4 Å². The van der Waals surface area contributed by atoms with Gasteiger partial charge in [0.1, 0.15) is 5.82 Å². The van der Waals surface area contributed by atoms with Crippen molar-refractivity contribution in [1.82, 2.24) is 15.1 Å². The lowest BCUT2D eigenvalue weighted by atomic mass is 10.1. The molecule has 0 saturated heterocycles. The Bertz CT molecular complexity index is 1090. The summed E-state index contributed by atoms with van der Waals surface area (Å²) in [7, 11) is 0. The fourth-order valence-electron chi connectivity index (χ4n) is 3.14. The molecule has 0 fully saturated rings. The molecule has 0 aliphatic rings. The van der Waals surface area contributed by atoms with Crippen molar-refractivity contribution in [3.05, 3.63) is 95.9 Å². The molecule has 5 heteroatoms. The van der Waals surface area contributed by atoms with Gasteiger partial charge in [0.15, 0.2) is 0 Å². The fraction of sp³-hybridized carbons (Fsp3) is 0.0909. The fourth-order valence-corrected chi connectivity index (χ4v) is 3.14. The summed E-state index contributed by atoms with van der Waals surface area (Å²) in [5, 5.41) is 8.17. The van der Waals surface area contributed by atoms with Crippen LogP contribution in [0.15, 0.2) is 79.0 Å². The second kappa shape index (κ2) is 7.03. The quantitative estimate of drug-likeness (QED) is 0.576. The van der Waals surface area contributed by atoms with Crippen molar-refractivity contribution >= 4 is 16.8 Å². The third kappa shape index (κ3) is 3.31. The molecular weight excluding hydrogens is 341 g/mol. The van der Waals surface area contributed by atoms with Crippen LogP contribution in [-0.2, 0) is 0 Å². The molecule has 1 unspecified atom stereocenters. The molecule has 4 aromatic rings. The van der Waals surface area contributed by atoms with Crippen molar-refractivity contribution in [3.8, 4) is 5.69 Å². The van der Waals surface area contributed by atoms with Gasteiger partial charge in [0.2, 0.25) is 0 Å². The maximum Gasteiger partial charge on any atom is 0.252 e. The average Bonchev–Trinajstić information content (AvgIpc) is 3.13. The summed E-state index contributed by atoms with van der Waals surface area (Å²) >= 11 is 0. The van der Waals surface area contributed by atoms with Gasteiger partial charge in [-0.05, 0) is 48.9 Å². The zero-order valence-electron chi connectivity index (χ0n) is 14.8. The molecule has 1 heterocycles. The number of carbonyl (C=O) groups excluding carboxylic acids is 1. The van der Waals surface area contributed by atoms with Crippen molar-refractivity contribution in [2.24, 2.45) is 0 Å². The van der Waals surface area contributed by atoms with Gasteiger partial charge in [-0.25, -0.2) is 9.07 Å². The molecule has 1 amide bonds. The van der Waals surface area contributed by atoms with Crippen LogP contribution in [0.2, 0.25) is 0 Å². The number of hydrogen-bond donors (Lipinski definition) is 1. The Morgan fingerprint density at radius 2 is 1.74 bits per heavy atom. The third-order valence-corrected chi connectivity index (χ3v) is 4.58. The van der Waals surface area contributed by atoms with E-state index >= 15 is 0 Å². The molecule has 3 aromatic carbocycles. The molecular formula is C22H18FN3O. The van der Waals surface area contributed by atoms with E-state index in [-0.39, 0.29) is 17.8 Å². The zero-order valence-corrected chi connectivity index (χ0v) is 14.8. The van der Waals surface area contributed by atoms with Gasteiger partial charge in [-0.3, -0.25) is 4.79 Å². The minimum atomic E-state index is -0.301. The van der Waals surface area contributed by atoms with E-state index in [0.717, 1.165) is 22.2 Å². The van der Waals surface area contributed by atoms with Gasteiger partial charge in [0.05, 0.1) is 29.0 Å². The van der Waals surface area contributed by atoms with E-state index in [0.29, 0.717) is 5.56 Å². The molecule has 0 aliphatic heterocycles. The Morgan fingerprint density at radius 1 is 1.00 bits per heavy atom. The summed E-state index contributed by atoms with van der Waals surface area (Å²) in [4.78, 5) is 12.8. The maximum atomic E-state index is 13.2. The maximum absolute atomic E-state index is 13.2. The second-order valence-electron chi connectivity index (χ2n) is 6.38. The molecule has 1 atom stereocenters. The van der Waals surface area contributed by atoms with Gasteiger partial charge in [-0.1, -0.05) is 36.4 Å². The van der Waals surface area contributed by atoms with Crippen molar-refractivity contribution < 1.29 is 9.18 Å². The van der Waals surface area contributed by atoms with Gasteiger partial charge in [-0.15, -0.1) is 0 Å². The summed E-state index contributed by atoms with van der Waals surface area (Å²) < 4.78 is 14.9.